The van der Waals surface area contributed by atoms with Gasteiger partial charge < -0.3 is 14.9 Å². The Bertz CT molecular complexity index is 522. The van der Waals surface area contributed by atoms with Crippen molar-refractivity contribution >= 4 is 21.9 Å². The summed E-state index contributed by atoms with van der Waals surface area (Å²) < 4.78 is 5.25. The van der Waals surface area contributed by atoms with Crippen molar-refractivity contribution in [2.75, 3.05) is 11.9 Å². The minimum Gasteiger partial charge on any atom is -0.508 e. The quantitative estimate of drug-likeness (QED) is 0.181. The number of hydrogen-bond donors (Lipinski definition) is 2. The van der Waals surface area contributed by atoms with Crippen LogP contribution >= 0.6 is 15.9 Å². The van der Waals surface area contributed by atoms with Gasteiger partial charge in [0, 0.05) is 11.4 Å². The Balaban J connectivity index is 1.98. The minimum atomic E-state index is -0.527. The molecule has 1 aromatic carbocycles. The third kappa shape index (κ3) is 10.6. The Kier molecular flexibility index (Phi) is 13.0. The number of unbranched alkanes of at least 4 members (excludes halogenated alkanes) is 11. The predicted octanol–water partition coefficient (Wildman–Crippen LogP) is 6.64. The van der Waals surface area contributed by atoms with Crippen LogP contribution in [0.3, 0.4) is 0 Å². The molecule has 0 bridgehead atoms. The summed E-state index contributed by atoms with van der Waals surface area (Å²) in [4.78, 5) is 12.0. The Labute approximate surface area is 172 Å². The lowest BCUT2D eigenvalue weighted by atomic mass is 10.1. The number of carbonyl (C=O) groups is 1. The molecule has 0 heterocycles. The summed E-state index contributed by atoms with van der Waals surface area (Å²) in [5, 5.41) is 20.3. The van der Waals surface area contributed by atoms with E-state index in [1.165, 1.54) is 70.3 Å². The molecule has 0 aliphatic carbocycles. The molecule has 0 spiro atoms. The Morgan fingerprint density at radius 3 is 1.81 bits per heavy atom. The number of hydrogen-bond acceptors (Lipinski definition) is 4. The van der Waals surface area contributed by atoms with Gasteiger partial charge in [0.1, 0.15) is 17.1 Å². The lowest BCUT2D eigenvalue weighted by Gasteiger charge is -2.09. The molecule has 0 aliphatic rings. The van der Waals surface area contributed by atoms with Gasteiger partial charge in [0.2, 0.25) is 0 Å². The number of aryl methyl sites for hydroxylation is 1. The number of phenolic OH excluding ortho intramolecular Hbond substituents is 2. The second-order valence-corrected chi connectivity index (χ2v) is 8.02. The van der Waals surface area contributed by atoms with Crippen molar-refractivity contribution in [2.24, 2.45) is 0 Å². The molecule has 0 amide bonds. The highest BCUT2D eigenvalue weighted by atomic mass is 79.9. The van der Waals surface area contributed by atoms with Crippen molar-refractivity contribution in [1.29, 1.82) is 0 Å². The third-order valence-corrected chi connectivity index (χ3v) is 5.33. The molecule has 1 aromatic rings. The molecule has 4 nitrogen and oxygen atoms in total. The molecule has 0 radical (unpaired) electrons. The summed E-state index contributed by atoms with van der Waals surface area (Å²) in [6.07, 6.45) is 15.0. The van der Waals surface area contributed by atoms with Gasteiger partial charge in [-0.15, -0.1) is 0 Å². The molecule has 0 saturated carbocycles. The summed E-state index contributed by atoms with van der Waals surface area (Å²) in [7, 11) is 0. The van der Waals surface area contributed by atoms with E-state index in [4.69, 9.17) is 4.74 Å². The van der Waals surface area contributed by atoms with Gasteiger partial charge in [-0.3, -0.25) is 0 Å². The lowest BCUT2D eigenvalue weighted by molar-refractivity contribution is 0.0493. The molecule has 0 saturated heterocycles. The Morgan fingerprint density at radius 2 is 1.33 bits per heavy atom. The van der Waals surface area contributed by atoms with Gasteiger partial charge in [0.25, 0.3) is 0 Å². The molecule has 27 heavy (non-hydrogen) atoms. The minimum absolute atomic E-state index is 0.0591. The maximum atomic E-state index is 12.0. The molecular formula is C22H35BrO4. The SMILES string of the molecule is Cc1cc(O)cc(O)c1C(=O)OCCCCCCCCCCCCCCBr. The molecule has 1 rings (SSSR count). The largest absolute Gasteiger partial charge is 0.508 e. The van der Waals surface area contributed by atoms with Crippen LogP contribution in [0.15, 0.2) is 12.1 Å². The van der Waals surface area contributed by atoms with Crippen LogP contribution in [-0.4, -0.2) is 28.1 Å². The first-order chi connectivity index (χ1) is 13.1. The zero-order valence-electron chi connectivity index (χ0n) is 16.6. The number of phenols is 2. The zero-order valence-corrected chi connectivity index (χ0v) is 18.2. The molecular weight excluding hydrogens is 408 g/mol. The van der Waals surface area contributed by atoms with Crippen molar-refractivity contribution in [3.05, 3.63) is 23.3 Å². The van der Waals surface area contributed by atoms with Gasteiger partial charge >= 0.3 is 5.97 Å². The number of benzene rings is 1. The number of rotatable bonds is 15. The first-order valence-corrected chi connectivity index (χ1v) is 11.4. The van der Waals surface area contributed by atoms with Gasteiger partial charge in [0.05, 0.1) is 6.61 Å². The van der Waals surface area contributed by atoms with E-state index in [-0.39, 0.29) is 17.1 Å². The van der Waals surface area contributed by atoms with Crippen LogP contribution in [0, 0.1) is 6.92 Å². The maximum Gasteiger partial charge on any atom is 0.342 e. The van der Waals surface area contributed by atoms with Crippen LogP contribution in [0.2, 0.25) is 0 Å². The first kappa shape index (κ1) is 23.8. The van der Waals surface area contributed by atoms with Gasteiger partial charge in [-0.1, -0.05) is 80.1 Å². The van der Waals surface area contributed by atoms with Crippen molar-refractivity contribution in [3.8, 4) is 11.5 Å². The standard InChI is InChI=1S/C22H35BrO4/c1-18-16-19(24)17-20(25)21(18)22(26)27-15-13-11-9-7-5-3-2-4-6-8-10-12-14-23/h16-17,24-25H,2-15H2,1H3. The molecule has 0 atom stereocenters. The van der Waals surface area contributed by atoms with E-state index >= 15 is 0 Å². The van der Waals surface area contributed by atoms with Crippen LogP contribution in [0.1, 0.15) is 93.0 Å². The highest BCUT2D eigenvalue weighted by molar-refractivity contribution is 9.09. The molecule has 0 aliphatic heterocycles. The highest BCUT2D eigenvalue weighted by Gasteiger charge is 2.16. The second kappa shape index (κ2) is 14.8. The average molecular weight is 443 g/mol. The van der Waals surface area contributed by atoms with E-state index in [0.717, 1.165) is 24.2 Å². The van der Waals surface area contributed by atoms with Crippen LogP contribution in [0.5, 0.6) is 11.5 Å². The number of halogens is 1. The summed E-state index contributed by atoms with van der Waals surface area (Å²) >= 11 is 3.47. The fourth-order valence-electron chi connectivity index (χ4n) is 3.22. The fourth-order valence-corrected chi connectivity index (χ4v) is 3.61. The first-order valence-electron chi connectivity index (χ1n) is 10.3. The fraction of sp³-hybridized carbons (Fsp3) is 0.682. The van der Waals surface area contributed by atoms with E-state index in [0.29, 0.717) is 12.2 Å². The smallest absolute Gasteiger partial charge is 0.342 e. The van der Waals surface area contributed by atoms with Gasteiger partial charge in [-0.2, -0.15) is 0 Å². The number of aromatic hydroxyl groups is 2. The van der Waals surface area contributed by atoms with Crippen molar-refractivity contribution in [3.63, 3.8) is 0 Å². The maximum absolute atomic E-state index is 12.0. The number of esters is 1. The summed E-state index contributed by atoms with van der Waals surface area (Å²) in [5.74, 6) is -0.821. The molecule has 0 aromatic heterocycles. The summed E-state index contributed by atoms with van der Waals surface area (Å²) in [6.45, 7) is 2.03. The van der Waals surface area contributed by atoms with Gasteiger partial charge in [0.15, 0.2) is 0 Å². The summed E-state index contributed by atoms with van der Waals surface area (Å²) in [6, 6.07) is 2.60. The topological polar surface area (TPSA) is 66.8 Å². The molecule has 5 heteroatoms. The number of ether oxygens (including phenoxy) is 1. The molecule has 0 unspecified atom stereocenters. The summed E-state index contributed by atoms with van der Waals surface area (Å²) in [5.41, 5.74) is 0.653. The zero-order chi connectivity index (χ0) is 19.9. The van der Waals surface area contributed by atoms with Crippen molar-refractivity contribution in [2.45, 2.75) is 84.0 Å². The van der Waals surface area contributed by atoms with E-state index in [1.807, 2.05) is 0 Å². The van der Waals surface area contributed by atoms with Crippen LogP contribution in [0.4, 0.5) is 0 Å². The second-order valence-electron chi connectivity index (χ2n) is 7.22. The Hall–Kier alpha value is -1.23. The molecule has 154 valence electrons. The highest BCUT2D eigenvalue weighted by Crippen LogP contribution is 2.27. The van der Waals surface area contributed by atoms with E-state index in [1.54, 1.807) is 6.92 Å². The Morgan fingerprint density at radius 1 is 0.852 bits per heavy atom. The van der Waals surface area contributed by atoms with Crippen molar-refractivity contribution < 1.29 is 19.7 Å². The normalized spacial score (nSPS) is 10.9. The third-order valence-electron chi connectivity index (χ3n) is 4.76. The van der Waals surface area contributed by atoms with Crippen LogP contribution in [-0.2, 0) is 4.74 Å². The van der Waals surface area contributed by atoms with Gasteiger partial charge in [-0.05, 0) is 31.4 Å². The predicted molar refractivity (Wildman–Crippen MR) is 114 cm³/mol. The van der Waals surface area contributed by atoms with E-state index < -0.39 is 5.97 Å². The van der Waals surface area contributed by atoms with Crippen molar-refractivity contribution in [1.82, 2.24) is 0 Å². The number of alkyl halides is 1. The lowest BCUT2D eigenvalue weighted by Crippen LogP contribution is -2.08. The van der Waals surface area contributed by atoms with E-state index in [9.17, 15) is 15.0 Å². The van der Waals surface area contributed by atoms with Crippen LogP contribution in [0.25, 0.3) is 0 Å². The van der Waals surface area contributed by atoms with E-state index in [2.05, 4.69) is 15.9 Å². The average Bonchev–Trinajstić information content (AvgIpc) is 2.61. The van der Waals surface area contributed by atoms with Crippen LogP contribution < -0.4 is 0 Å². The molecule has 2 N–H and O–H groups in total. The molecule has 0 fully saturated rings. The monoisotopic (exact) mass is 442 g/mol. The van der Waals surface area contributed by atoms with Gasteiger partial charge in [-0.25, -0.2) is 4.79 Å². The number of carbonyl (C=O) groups excluding carboxylic acids is 1.